The summed E-state index contributed by atoms with van der Waals surface area (Å²) in [5.41, 5.74) is 0.571. The molecule has 0 amide bonds. The number of carboxylic acid groups (broad SMARTS) is 1. The second-order valence-electron chi connectivity index (χ2n) is 3.06. The van der Waals surface area contributed by atoms with Crippen LogP contribution in [0.4, 0.5) is 11.7 Å². The number of rotatable bonds is 3. The maximum Gasteiger partial charge on any atom is 0.357 e. The van der Waals surface area contributed by atoms with E-state index in [1.165, 1.54) is 0 Å². The molecular formula is C10H6Br2N2O3. The maximum absolute atomic E-state index is 10.6. The average Bonchev–Trinajstić information content (AvgIpc) is 2.72. The number of carbonyl (C=O) groups is 1. The van der Waals surface area contributed by atoms with Crippen LogP contribution >= 0.6 is 31.9 Å². The summed E-state index contributed by atoms with van der Waals surface area (Å²) in [4.78, 5) is 14.4. The SMILES string of the molecule is O=C(O)c1coc(Nc2c(Br)cccc2Br)n1. The standard InChI is InChI=1S/C10H6Br2N2O3/c11-5-2-1-3-6(12)8(5)14-10-13-7(4-17-10)9(15)16/h1-4H,(H,13,14)(H,15,16). The topological polar surface area (TPSA) is 75.4 Å². The smallest absolute Gasteiger partial charge is 0.357 e. The molecule has 0 aliphatic rings. The Labute approximate surface area is 113 Å². The van der Waals surface area contributed by atoms with E-state index in [0.717, 1.165) is 15.2 Å². The van der Waals surface area contributed by atoms with E-state index in [1.807, 2.05) is 18.2 Å². The lowest BCUT2D eigenvalue weighted by atomic mass is 10.3. The van der Waals surface area contributed by atoms with Crippen molar-refractivity contribution >= 4 is 49.5 Å². The largest absolute Gasteiger partial charge is 0.476 e. The molecule has 17 heavy (non-hydrogen) atoms. The Morgan fingerprint density at radius 2 is 2.00 bits per heavy atom. The molecule has 1 aromatic heterocycles. The van der Waals surface area contributed by atoms with Crippen LogP contribution in [-0.2, 0) is 0 Å². The molecule has 0 saturated heterocycles. The van der Waals surface area contributed by atoms with E-state index in [1.54, 1.807) is 0 Å². The first-order valence-corrected chi connectivity index (χ1v) is 6.06. The van der Waals surface area contributed by atoms with Gasteiger partial charge in [0.05, 0.1) is 5.69 Å². The molecule has 0 saturated carbocycles. The highest BCUT2D eigenvalue weighted by Crippen LogP contribution is 2.32. The van der Waals surface area contributed by atoms with Crippen molar-refractivity contribution in [1.29, 1.82) is 0 Å². The minimum atomic E-state index is -1.13. The number of anilines is 2. The van der Waals surface area contributed by atoms with Crippen molar-refractivity contribution in [2.24, 2.45) is 0 Å². The van der Waals surface area contributed by atoms with Crippen molar-refractivity contribution in [3.63, 3.8) is 0 Å². The van der Waals surface area contributed by atoms with Crippen LogP contribution in [0.3, 0.4) is 0 Å². The molecule has 7 heteroatoms. The van der Waals surface area contributed by atoms with Gasteiger partial charge in [-0.15, -0.1) is 0 Å². The van der Waals surface area contributed by atoms with E-state index in [-0.39, 0.29) is 11.7 Å². The normalized spacial score (nSPS) is 10.2. The highest BCUT2D eigenvalue weighted by atomic mass is 79.9. The average molecular weight is 362 g/mol. The van der Waals surface area contributed by atoms with Crippen LogP contribution in [-0.4, -0.2) is 16.1 Å². The molecule has 0 aliphatic heterocycles. The van der Waals surface area contributed by atoms with Gasteiger partial charge >= 0.3 is 5.97 Å². The van der Waals surface area contributed by atoms with Crippen molar-refractivity contribution < 1.29 is 14.3 Å². The lowest BCUT2D eigenvalue weighted by molar-refractivity contribution is 0.0690. The monoisotopic (exact) mass is 360 g/mol. The second kappa shape index (κ2) is 4.89. The molecule has 2 aromatic rings. The first-order chi connectivity index (χ1) is 8.08. The Morgan fingerprint density at radius 3 is 2.53 bits per heavy atom. The molecule has 2 rings (SSSR count). The van der Waals surface area contributed by atoms with Crippen molar-refractivity contribution in [2.75, 3.05) is 5.32 Å². The fraction of sp³-hybridized carbons (Fsp3) is 0. The van der Waals surface area contributed by atoms with Crippen LogP contribution in [0.5, 0.6) is 0 Å². The molecule has 5 nitrogen and oxygen atoms in total. The van der Waals surface area contributed by atoms with E-state index >= 15 is 0 Å². The summed E-state index contributed by atoms with van der Waals surface area (Å²) in [5, 5.41) is 11.6. The summed E-state index contributed by atoms with van der Waals surface area (Å²) in [6.07, 6.45) is 1.08. The fourth-order valence-electron chi connectivity index (χ4n) is 1.15. The van der Waals surface area contributed by atoms with E-state index in [2.05, 4.69) is 42.2 Å². The van der Waals surface area contributed by atoms with Gasteiger partial charge < -0.3 is 14.8 Å². The molecule has 88 valence electrons. The van der Waals surface area contributed by atoms with E-state index in [9.17, 15) is 4.79 Å². The quantitative estimate of drug-likeness (QED) is 0.872. The van der Waals surface area contributed by atoms with E-state index < -0.39 is 5.97 Å². The third kappa shape index (κ3) is 2.67. The van der Waals surface area contributed by atoms with Crippen LogP contribution in [0.1, 0.15) is 10.5 Å². The first kappa shape index (κ1) is 12.1. The first-order valence-electron chi connectivity index (χ1n) is 4.48. The molecule has 1 aromatic carbocycles. The molecule has 0 bridgehead atoms. The Kier molecular flexibility index (Phi) is 3.49. The fourth-order valence-corrected chi connectivity index (χ4v) is 2.35. The summed E-state index contributed by atoms with van der Waals surface area (Å²) in [6.45, 7) is 0. The van der Waals surface area contributed by atoms with Gasteiger partial charge in [-0.2, -0.15) is 4.98 Å². The Bertz CT molecular complexity index is 548. The zero-order valence-corrected chi connectivity index (χ0v) is 11.4. The zero-order valence-electron chi connectivity index (χ0n) is 8.28. The predicted molar refractivity (Wildman–Crippen MR) is 68.6 cm³/mol. The summed E-state index contributed by atoms with van der Waals surface area (Å²) < 4.78 is 6.61. The van der Waals surface area contributed by atoms with Gasteiger partial charge in [-0.1, -0.05) is 6.07 Å². The zero-order chi connectivity index (χ0) is 12.4. The van der Waals surface area contributed by atoms with Crippen LogP contribution in [0.2, 0.25) is 0 Å². The number of benzene rings is 1. The lowest BCUT2D eigenvalue weighted by Crippen LogP contribution is -1.97. The van der Waals surface area contributed by atoms with Crippen LogP contribution in [0.25, 0.3) is 0 Å². The van der Waals surface area contributed by atoms with Gasteiger partial charge in [0.1, 0.15) is 6.26 Å². The number of hydrogen-bond donors (Lipinski definition) is 2. The summed E-state index contributed by atoms with van der Waals surface area (Å²) >= 11 is 6.72. The Morgan fingerprint density at radius 1 is 1.35 bits per heavy atom. The van der Waals surface area contributed by atoms with Gasteiger partial charge in [-0.25, -0.2) is 4.79 Å². The molecule has 0 unspecified atom stereocenters. The van der Waals surface area contributed by atoms with Gasteiger partial charge in [0.2, 0.25) is 0 Å². The van der Waals surface area contributed by atoms with Gasteiger partial charge in [-0.3, -0.25) is 0 Å². The van der Waals surface area contributed by atoms with Gasteiger partial charge in [0.15, 0.2) is 5.69 Å². The van der Waals surface area contributed by atoms with Crippen molar-refractivity contribution in [3.8, 4) is 0 Å². The number of oxazole rings is 1. The minimum absolute atomic E-state index is 0.120. The highest BCUT2D eigenvalue weighted by molar-refractivity contribution is 9.11. The van der Waals surface area contributed by atoms with E-state index in [4.69, 9.17) is 9.52 Å². The number of nitrogens with one attached hydrogen (secondary N) is 1. The van der Waals surface area contributed by atoms with Crippen LogP contribution in [0.15, 0.2) is 37.8 Å². The molecule has 0 aliphatic carbocycles. The van der Waals surface area contributed by atoms with Crippen molar-refractivity contribution in [1.82, 2.24) is 4.98 Å². The highest BCUT2D eigenvalue weighted by Gasteiger charge is 2.12. The lowest BCUT2D eigenvalue weighted by Gasteiger charge is -2.06. The molecule has 0 radical (unpaired) electrons. The number of aromatic carboxylic acids is 1. The number of halogens is 2. The van der Waals surface area contributed by atoms with Gasteiger partial charge in [0.25, 0.3) is 6.01 Å². The number of hydrogen-bond acceptors (Lipinski definition) is 4. The summed E-state index contributed by atoms with van der Waals surface area (Å²) in [7, 11) is 0. The molecule has 0 atom stereocenters. The summed E-state index contributed by atoms with van der Waals surface area (Å²) in [5.74, 6) is -1.13. The Balaban J connectivity index is 2.28. The second-order valence-corrected chi connectivity index (χ2v) is 4.77. The van der Waals surface area contributed by atoms with Gasteiger partial charge in [0, 0.05) is 8.95 Å². The number of carboxylic acids is 1. The number of para-hydroxylation sites is 1. The molecule has 1 heterocycles. The third-order valence-electron chi connectivity index (χ3n) is 1.92. The van der Waals surface area contributed by atoms with Crippen molar-refractivity contribution in [2.45, 2.75) is 0 Å². The predicted octanol–water partition coefficient (Wildman–Crippen LogP) is 3.64. The maximum atomic E-state index is 10.6. The minimum Gasteiger partial charge on any atom is -0.476 e. The Hall–Kier alpha value is -1.34. The van der Waals surface area contributed by atoms with Gasteiger partial charge in [-0.05, 0) is 44.0 Å². The molecule has 0 spiro atoms. The molecule has 0 fully saturated rings. The van der Waals surface area contributed by atoms with Crippen molar-refractivity contribution in [3.05, 3.63) is 39.1 Å². The number of nitrogens with zero attached hydrogens (tertiary/aromatic N) is 1. The number of aromatic nitrogens is 1. The third-order valence-corrected chi connectivity index (χ3v) is 3.24. The molecule has 2 N–H and O–H groups in total. The van der Waals surface area contributed by atoms with E-state index in [0.29, 0.717) is 5.69 Å². The van der Waals surface area contributed by atoms with Crippen LogP contribution < -0.4 is 5.32 Å². The van der Waals surface area contributed by atoms with Crippen LogP contribution in [0, 0.1) is 0 Å². The summed E-state index contributed by atoms with van der Waals surface area (Å²) in [6, 6.07) is 5.66. The molecular weight excluding hydrogens is 356 g/mol.